The van der Waals surface area contributed by atoms with Gasteiger partial charge >= 0.3 is 5.97 Å². The van der Waals surface area contributed by atoms with E-state index in [9.17, 15) is 18.0 Å². The highest BCUT2D eigenvalue weighted by Gasteiger charge is 2.20. The van der Waals surface area contributed by atoms with Gasteiger partial charge in [-0.05, 0) is 73.9 Å². The van der Waals surface area contributed by atoms with Crippen molar-refractivity contribution in [1.29, 1.82) is 0 Å². The van der Waals surface area contributed by atoms with E-state index >= 15 is 0 Å². The van der Waals surface area contributed by atoms with E-state index in [1.54, 1.807) is 37.3 Å². The Morgan fingerprint density at radius 3 is 2.31 bits per heavy atom. The molecule has 35 heavy (non-hydrogen) atoms. The van der Waals surface area contributed by atoms with Crippen LogP contribution in [0.3, 0.4) is 0 Å². The minimum atomic E-state index is -3.54. The number of rotatable bonds is 8. The molecule has 0 aliphatic heterocycles. The van der Waals surface area contributed by atoms with Crippen LogP contribution in [0.4, 0.5) is 11.4 Å². The van der Waals surface area contributed by atoms with Crippen LogP contribution >= 0.6 is 11.6 Å². The summed E-state index contributed by atoms with van der Waals surface area (Å²) in [4.78, 5) is 24.8. The van der Waals surface area contributed by atoms with Crippen LogP contribution in [0.2, 0.25) is 5.02 Å². The summed E-state index contributed by atoms with van der Waals surface area (Å²) < 4.78 is 31.4. The lowest BCUT2D eigenvalue weighted by Crippen LogP contribution is -2.30. The average Bonchev–Trinajstić information content (AvgIpc) is 2.80. The van der Waals surface area contributed by atoms with Crippen LogP contribution in [-0.2, 0) is 21.3 Å². The first-order chi connectivity index (χ1) is 16.5. The summed E-state index contributed by atoms with van der Waals surface area (Å²) in [5.74, 6) is -0.958. The zero-order chi connectivity index (χ0) is 25.8. The number of ether oxygens (including phenoxy) is 1. The fraction of sp³-hybridized carbons (Fsp3) is 0.231. The molecule has 0 fully saturated rings. The van der Waals surface area contributed by atoms with E-state index in [-0.39, 0.29) is 29.6 Å². The number of carbonyl (C=O) groups excluding carboxylic acids is 2. The van der Waals surface area contributed by atoms with Gasteiger partial charge in [0.15, 0.2) is 0 Å². The van der Waals surface area contributed by atoms with Crippen LogP contribution in [0.25, 0.3) is 0 Å². The summed E-state index contributed by atoms with van der Waals surface area (Å²) in [5.41, 5.74) is 4.08. The lowest BCUT2D eigenvalue weighted by Gasteiger charge is -2.25. The Hall–Kier alpha value is -3.36. The smallest absolute Gasteiger partial charge is 0.339 e. The van der Waals surface area contributed by atoms with Crippen molar-refractivity contribution in [3.63, 3.8) is 0 Å². The Kier molecular flexibility index (Phi) is 8.19. The highest BCUT2D eigenvalue weighted by Crippen LogP contribution is 2.26. The number of nitrogens with one attached hydrogen (secondary N) is 1. The molecule has 9 heteroatoms. The average molecular weight is 515 g/mol. The number of halogens is 1. The Bertz CT molecular complexity index is 1350. The lowest BCUT2D eigenvalue weighted by atomic mass is 10.1. The number of sulfonamides is 1. The van der Waals surface area contributed by atoms with Gasteiger partial charge in [-0.3, -0.25) is 9.10 Å². The number of hydrogen-bond acceptors (Lipinski definition) is 5. The van der Waals surface area contributed by atoms with Gasteiger partial charge in [-0.1, -0.05) is 35.9 Å². The van der Waals surface area contributed by atoms with E-state index in [0.717, 1.165) is 16.7 Å². The number of anilines is 2. The summed E-state index contributed by atoms with van der Waals surface area (Å²) in [5, 5.41) is 2.96. The third-order valence-corrected chi connectivity index (χ3v) is 6.75. The zero-order valence-electron chi connectivity index (χ0n) is 20.0. The fourth-order valence-electron chi connectivity index (χ4n) is 3.47. The third-order valence-electron chi connectivity index (χ3n) is 5.30. The van der Waals surface area contributed by atoms with Crippen LogP contribution in [0, 0.1) is 13.8 Å². The van der Waals surface area contributed by atoms with Gasteiger partial charge in [-0.15, -0.1) is 0 Å². The van der Waals surface area contributed by atoms with E-state index in [1.165, 1.54) is 22.7 Å². The summed E-state index contributed by atoms with van der Waals surface area (Å²) in [6.07, 6.45) is 1.17. The number of esters is 1. The van der Waals surface area contributed by atoms with Gasteiger partial charge in [0, 0.05) is 11.3 Å². The molecule has 0 unspecified atom stereocenters. The minimum absolute atomic E-state index is 0.130. The molecule has 184 valence electrons. The minimum Gasteiger partial charge on any atom is -0.462 e. The number of amides is 1. The van der Waals surface area contributed by atoms with Gasteiger partial charge in [0.1, 0.15) is 0 Å². The number of aryl methyl sites for hydroxylation is 2. The molecule has 0 aromatic heterocycles. The molecular weight excluding hydrogens is 488 g/mol. The molecule has 0 aliphatic rings. The molecule has 0 bridgehead atoms. The second kappa shape index (κ2) is 10.9. The molecule has 1 N–H and O–H groups in total. The first-order valence-electron chi connectivity index (χ1n) is 10.9. The third kappa shape index (κ3) is 6.61. The molecule has 3 aromatic carbocycles. The standard InChI is InChI=1S/C26H27ClN2O5S/c1-5-34-26(31)22-15-21(12-13-23(22)27)28-25(30)20-10-8-19(9-11-20)16-29(35(4,32)33)24-14-17(2)6-7-18(24)3/h6-15H,5,16H2,1-4H3,(H,28,30). The second-order valence-electron chi connectivity index (χ2n) is 8.13. The second-order valence-corrected chi connectivity index (χ2v) is 10.4. The maximum absolute atomic E-state index is 12.7. The Labute approximate surface area is 210 Å². The molecular formula is C26H27ClN2O5S. The van der Waals surface area contributed by atoms with Crippen molar-refractivity contribution in [3.8, 4) is 0 Å². The first kappa shape index (κ1) is 26.2. The molecule has 0 atom stereocenters. The van der Waals surface area contributed by atoms with Crippen molar-refractivity contribution in [2.24, 2.45) is 0 Å². The Balaban J connectivity index is 1.78. The topological polar surface area (TPSA) is 92.8 Å². The maximum Gasteiger partial charge on any atom is 0.339 e. The van der Waals surface area contributed by atoms with Crippen LogP contribution in [0.15, 0.2) is 60.7 Å². The van der Waals surface area contributed by atoms with E-state index in [4.69, 9.17) is 16.3 Å². The molecule has 7 nitrogen and oxygen atoms in total. The van der Waals surface area contributed by atoms with Gasteiger partial charge < -0.3 is 10.1 Å². The van der Waals surface area contributed by atoms with Crippen molar-refractivity contribution in [2.75, 3.05) is 22.5 Å². The number of nitrogens with zero attached hydrogens (tertiary/aromatic N) is 1. The van der Waals surface area contributed by atoms with Crippen LogP contribution in [-0.4, -0.2) is 33.2 Å². The summed E-state index contributed by atoms with van der Waals surface area (Å²) in [6.45, 7) is 5.80. The van der Waals surface area contributed by atoms with Crippen molar-refractivity contribution >= 4 is 44.9 Å². The zero-order valence-corrected chi connectivity index (χ0v) is 21.5. The Morgan fingerprint density at radius 1 is 1.00 bits per heavy atom. The Morgan fingerprint density at radius 2 is 1.69 bits per heavy atom. The van der Waals surface area contributed by atoms with Crippen molar-refractivity contribution in [2.45, 2.75) is 27.3 Å². The van der Waals surface area contributed by atoms with Crippen molar-refractivity contribution < 1.29 is 22.7 Å². The fourth-order valence-corrected chi connectivity index (χ4v) is 4.60. The van der Waals surface area contributed by atoms with Gasteiger partial charge in [0.25, 0.3) is 5.91 Å². The monoisotopic (exact) mass is 514 g/mol. The largest absolute Gasteiger partial charge is 0.462 e. The summed E-state index contributed by atoms with van der Waals surface area (Å²) >= 11 is 6.07. The first-order valence-corrected chi connectivity index (χ1v) is 13.1. The molecule has 0 spiro atoms. The van der Waals surface area contributed by atoms with Crippen molar-refractivity contribution in [1.82, 2.24) is 0 Å². The molecule has 0 saturated heterocycles. The van der Waals surface area contributed by atoms with Gasteiger partial charge in [0.05, 0.1) is 35.7 Å². The molecule has 3 aromatic rings. The van der Waals surface area contributed by atoms with Gasteiger partial charge in [-0.25, -0.2) is 13.2 Å². The molecule has 1 amide bonds. The number of benzene rings is 3. The van der Waals surface area contributed by atoms with Gasteiger partial charge in [0.2, 0.25) is 10.0 Å². The van der Waals surface area contributed by atoms with E-state index < -0.39 is 16.0 Å². The molecule has 0 heterocycles. The predicted molar refractivity (Wildman–Crippen MR) is 139 cm³/mol. The molecule has 0 saturated carbocycles. The predicted octanol–water partition coefficient (Wildman–Crippen LogP) is 5.35. The lowest BCUT2D eigenvalue weighted by molar-refractivity contribution is 0.0526. The van der Waals surface area contributed by atoms with E-state index in [2.05, 4.69) is 5.32 Å². The maximum atomic E-state index is 12.7. The van der Waals surface area contributed by atoms with E-state index in [1.807, 2.05) is 32.0 Å². The molecule has 3 rings (SSSR count). The number of carbonyl (C=O) groups is 2. The van der Waals surface area contributed by atoms with Crippen LogP contribution in [0.1, 0.15) is 44.3 Å². The highest BCUT2D eigenvalue weighted by molar-refractivity contribution is 7.92. The highest BCUT2D eigenvalue weighted by atomic mass is 35.5. The van der Waals surface area contributed by atoms with Crippen LogP contribution in [0.5, 0.6) is 0 Å². The van der Waals surface area contributed by atoms with Crippen molar-refractivity contribution in [3.05, 3.63) is 93.5 Å². The van der Waals surface area contributed by atoms with Crippen LogP contribution < -0.4 is 9.62 Å². The summed E-state index contributed by atoms with van der Waals surface area (Å²) in [6, 6.07) is 16.9. The SMILES string of the molecule is CCOC(=O)c1cc(NC(=O)c2ccc(CN(c3cc(C)ccc3C)S(C)(=O)=O)cc2)ccc1Cl. The van der Waals surface area contributed by atoms with Gasteiger partial charge in [-0.2, -0.15) is 0 Å². The quantitative estimate of drug-likeness (QED) is 0.409. The van der Waals surface area contributed by atoms with E-state index in [0.29, 0.717) is 16.9 Å². The molecule has 0 radical (unpaired) electrons. The summed E-state index contributed by atoms with van der Waals surface area (Å²) in [7, 11) is -3.54. The normalized spacial score (nSPS) is 11.1. The molecule has 0 aliphatic carbocycles. The number of hydrogen-bond donors (Lipinski definition) is 1.